The van der Waals surface area contributed by atoms with Gasteiger partial charge in [-0.05, 0) is 18.2 Å². The Balaban J connectivity index is 1.86. The van der Waals surface area contributed by atoms with Crippen LogP contribution >= 0.6 is 0 Å². The van der Waals surface area contributed by atoms with E-state index in [9.17, 15) is 13.6 Å². The quantitative estimate of drug-likeness (QED) is 0.871. The van der Waals surface area contributed by atoms with Crippen LogP contribution in [0.3, 0.4) is 0 Å². The number of hydrogen-bond acceptors (Lipinski definition) is 2. The van der Waals surface area contributed by atoms with Crippen LogP contribution < -0.4 is 10.1 Å². The van der Waals surface area contributed by atoms with Crippen molar-refractivity contribution in [1.82, 2.24) is 5.32 Å². The predicted molar refractivity (Wildman–Crippen MR) is 59.8 cm³/mol. The van der Waals surface area contributed by atoms with E-state index in [-0.39, 0.29) is 17.7 Å². The molecular formula is C12H13F2NO3. The molecule has 1 aliphatic carbocycles. The SMILES string of the molecule is O=C(O)N[C@H]1C[C@H](Oc2ccc(F)c(CF)c2)C1. The standard InChI is InChI=1S/C12H13F2NO3/c13-6-7-3-9(1-2-11(7)14)18-10-4-8(5-10)15-12(16)17/h1-3,8,10,15H,4-6H2,(H,16,17)/t8-,10-. The molecule has 1 amide bonds. The zero-order chi connectivity index (χ0) is 13.1. The van der Waals surface area contributed by atoms with Crippen LogP contribution in [0.2, 0.25) is 0 Å². The second-order valence-electron chi connectivity index (χ2n) is 4.24. The molecule has 0 saturated heterocycles. The number of nitrogens with one attached hydrogen (secondary N) is 1. The van der Waals surface area contributed by atoms with E-state index in [1.807, 2.05) is 0 Å². The first-order valence-corrected chi connectivity index (χ1v) is 5.59. The Hall–Kier alpha value is -1.85. The van der Waals surface area contributed by atoms with Gasteiger partial charge in [-0.25, -0.2) is 13.6 Å². The molecule has 4 nitrogen and oxygen atoms in total. The lowest BCUT2D eigenvalue weighted by Crippen LogP contribution is -2.48. The Bertz CT molecular complexity index is 447. The number of carbonyl (C=O) groups is 1. The molecule has 0 spiro atoms. The molecule has 18 heavy (non-hydrogen) atoms. The number of halogens is 2. The van der Waals surface area contributed by atoms with Crippen molar-refractivity contribution >= 4 is 6.09 Å². The monoisotopic (exact) mass is 257 g/mol. The lowest BCUT2D eigenvalue weighted by Gasteiger charge is -2.35. The molecule has 1 aliphatic rings. The summed E-state index contributed by atoms with van der Waals surface area (Å²) in [6.45, 7) is -0.878. The van der Waals surface area contributed by atoms with Crippen LogP contribution in [0.4, 0.5) is 13.6 Å². The van der Waals surface area contributed by atoms with Crippen molar-refractivity contribution in [2.24, 2.45) is 0 Å². The van der Waals surface area contributed by atoms with E-state index in [4.69, 9.17) is 9.84 Å². The average Bonchev–Trinajstić information content (AvgIpc) is 2.28. The summed E-state index contributed by atoms with van der Waals surface area (Å²) in [7, 11) is 0. The van der Waals surface area contributed by atoms with Crippen molar-refractivity contribution in [3.63, 3.8) is 0 Å². The smallest absolute Gasteiger partial charge is 0.404 e. The number of amides is 1. The number of rotatable bonds is 4. The first-order valence-electron chi connectivity index (χ1n) is 5.59. The van der Waals surface area contributed by atoms with Gasteiger partial charge in [-0.2, -0.15) is 0 Å². The lowest BCUT2D eigenvalue weighted by atomic mass is 9.89. The highest BCUT2D eigenvalue weighted by Gasteiger charge is 2.32. The summed E-state index contributed by atoms with van der Waals surface area (Å²) in [6.07, 6.45) is -0.0387. The van der Waals surface area contributed by atoms with Gasteiger partial charge < -0.3 is 15.2 Å². The second kappa shape index (κ2) is 5.20. The third-order valence-corrected chi connectivity index (χ3v) is 2.89. The van der Waals surface area contributed by atoms with Gasteiger partial charge in [0.15, 0.2) is 0 Å². The average molecular weight is 257 g/mol. The van der Waals surface area contributed by atoms with Crippen LogP contribution in [0, 0.1) is 5.82 Å². The van der Waals surface area contributed by atoms with Crippen molar-refractivity contribution in [2.45, 2.75) is 31.7 Å². The first-order chi connectivity index (χ1) is 8.58. The fourth-order valence-corrected chi connectivity index (χ4v) is 1.87. The number of ether oxygens (including phenoxy) is 1. The maximum atomic E-state index is 13.0. The van der Waals surface area contributed by atoms with Gasteiger partial charge in [0, 0.05) is 24.4 Å². The Morgan fingerprint density at radius 2 is 2.22 bits per heavy atom. The molecule has 0 bridgehead atoms. The molecule has 0 radical (unpaired) electrons. The van der Waals surface area contributed by atoms with Crippen LogP contribution in [0.1, 0.15) is 18.4 Å². The van der Waals surface area contributed by atoms with Crippen molar-refractivity contribution in [3.05, 3.63) is 29.6 Å². The second-order valence-corrected chi connectivity index (χ2v) is 4.24. The van der Waals surface area contributed by atoms with E-state index in [0.717, 1.165) is 6.07 Å². The van der Waals surface area contributed by atoms with Crippen LogP contribution in [-0.4, -0.2) is 23.3 Å². The molecule has 0 unspecified atom stereocenters. The summed E-state index contributed by atoms with van der Waals surface area (Å²) in [5, 5.41) is 10.8. The van der Waals surface area contributed by atoms with E-state index >= 15 is 0 Å². The molecule has 0 aromatic heterocycles. The lowest BCUT2D eigenvalue weighted by molar-refractivity contribution is 0.0831. The minimum Gasteiger partial charge on any atom is -0.490 e. The molecule has 0 heterocycles. The molecule has 98 valence electrons. The highest BCUT2D eigenvalue weighted by atomic mass is 19.1. The Morgan fingerprint density at radius 3 is 2.83 bits per heavy atom. The zero-order valence-corrected chi connectivity index (χ0v) is 9.53. The summed E-state index contributed by atoms with van der Waals surface area (Å²) in [6, 6.07) is 3.82. The maximum Gasteiger partial charge on any atom is 0.404 e. The Labute approximate surface area is 103 Å². The van der Waals surface area contributed by atoms with Gasteiger partial charge in [-0.1, -0.05) is 0 Å². The third kappa shape index (κ3) is 2.88. The number of hydrogen-bond donors (Lipinski definition) is 2. The minimum absolute atomic E-state index is 0.0352. The fourth-order valence-electron chi connectivity index (χ4n) is 1.87. The van der Waals surface area contributed by atoms with Gasteiger partial charge in [0.05, 0.1) is 0 Å². The summed E-state index contributed by atoms with van der Waals surface area (Å²) in [4.78, 5) is 10.4. The molecule has 2 rings (SSSR count). The highest BCUT2D eigenvalue weighted by Crippen LogP contribution is 2.27. The molecule has 1 fully saturated rings. The highest BCUT2D eigenvalue weighted by molar-refractivity contribution is 5.65. The molecule has 1 saturated carbocycles. The molecular weight excluding hydrogens is 244 g/mol. The number of carboxylic acid groups (broad SMARTS) is 1. The van der Waals surface area contributed by atoms with Gasteiger partial charge >= 0.3 is 6.09 Å². The van der Waals surface area contributed by atoms with E-state index in [2.05, 4.69) is 5.32 Å². The van der Waals surface area contributed by atoms with E-state index in [1.54, 1.807) is 0 Å². The molecule has 2 N–H and O–H groups in total. The number of benzene rings is 1. The van der Waals surface area contributed by atoms with Gasteiger partial charge in [0.25, 0.3) is 0 Å². The summed E-state index contributed by atoms with van der Waals surface area (Å²) in [5.74, 6) is -0.188. The molecule has 0 aliphatic heterocycles. The Kier molecular flexibility index (Phi) is 3.64. The minimum atomic E-state index is -1.06. The molecule has 1 aromatic rings. The van der Waals surface area contributed by atoms with Crippen molar-refractivity contribution < 1.29 is 23.4 Å². The largest absolute Gasteiger partial charge is 0.490 e. The zero-order valence-electron chi connectivity index (χ0n) is 9.53. The van der Waals surface area contributed by atoms with Crippen molar-refractivity contribution in [1.29, 1.82) is 0 Å². The van der Waals surface area contributed by atoms with Crippen LogP contribution in [0.25, 0.3) is 0 Å². The van der Waals surface area contributed by atoms with E-state index in [1.165, 1.54) is 12.1 Å². The summed E-state index contributed by atoms with van der Waals surface area (Å²) >= 11 is 0. The van der Waals surface area contributed by atoms with Gasteiger partial charge in [-0.15, -0.1) is 0 Å². The van der Waals surface area contributed by atoms with Crippen molar-refractivity contribution in [3.8, 4) is 5.75 Å². The van der Waals surface area contributed by atoms with E-state index in [0.29, 0.717) is 18.6 Å². The number of alkyl halides is 1. The fraction of sp³-hybridized carbons (Fsp3) is 0.417. The third-order valence-electron chi connectivity index (χ3n) is 2.89. The van der Waals surface area contributed by atoms with E-state index < -0.39 is 18.6 Å². The van der Waals surface area contributed by atoms with Crippen LogP contribution in [-0.2, 0) is 6.67 Å². The first kappa shape index (κ1) is 12.6. The Morgan fingerprint density at radius 1 is 1.50 bits per heavy atom. The molecule has 1 aromatic carbocycles. The topological polar surface area (TPSA) is 58.6 Å². The van der Waals surface area contributed by atoms with Gasteiger partial charge in [-0.3, -0.25) is 0 Å². The normalized spacial score (nSPS) is 22.1. The van der Waals surface area contributed by atoms with Crippen LogP contribution in [0.5, 0.6) is 5.75 Å². The summed E-state index contributed by atoms with van der Waals surface area (Å²) < 4.78 is 31.0. The van der Waals surface area contributed by atoms with Gasteiger partial charge in [0.2, 0.25) is 0 Å². The molecule has 6 heteroatoms. The van der Waals surface area contributed by atoms with Crippen molar-refractivity contribution in [2.75, 3.05) is 0 Å². The van der Waals surface area contributed by atoms with Gasteiger partial charge in [0.1, 0.15) is 24.3 Å². The van der Waals surface area contributed by atoms with Crippen LogP contribution in [0.15, 0.2) is 18.2 Å². The predicted octanol–water partition coefficient (Wildman–Crippen LogP) is 2.47. The summed E-state index contributed by atoms with van der Waals surface area (Å²) in [5.41, 5.74) is -0.0352. The molecule has 0 atom stereocenters. The maximum absolute atomic E-state index is 13.0.